The van der Waals surface area contributed by atoms with E-state index in [2.05, 4.69) is 5.32 Å². The standard InChI is InChI=1S/C20H16FNO3/c21-18-8-4-3-7-17(18)12-22-19(23)13-25-20(24)16-10-9-14-5-1-2-6-15(14)11-16/h1-11H,12-13H2,(H,22,23). The summed E-state index contributed by atoms with van der Waals surface area (Å²) in [7, 11) is 0. The van der Waals surface area contributed by atoms with E-state index in [0.717, 1.165) is 10.8 Å². The summed E-state index contributed by atoms with van der Waals surface area (Å²) in [6.45, 7) is -0.376. The number of benzene rings is 3. The summed E-state index contributed by atoms with van der Waals surface area (Å²) in [6.07, 6.45) is 0. The SMILES string of the molecule is O=C(COC(=O)c1ccc2ccccc2c1)NCc1ccccc1F. The molecule has 0 bridgehead atoms. The first-order valence-electron chi connectivity index (χ1n) is 7.79. The van der Waals surface area contributed by atoms with Crippen LogP contribution >= 0.6 is 0 Å². The summed E-state index contributed by atoms with van der Waals surface area (Å²) in [6, 6.07) is 19.0. The van der Waals surface area contributed by atoms with Gasteiger partial charge in [-0.2, -0.15) is 0 Å². The Morgan fingerprint density at radius 3 is 2.44 bits per heavy atom. The quantitative estimate of drug-likeness (QED) is 0.726. The average Bonchev–Trinajstić information content (AvgIpc) is 2.65. The van der Waals surface area contributed by atoms with Crippen molar-refractivity contribution in [1.82, 2.24) is 5.32 Å². The van der Waals surface area contributed by atoms with Crippen LogP contribution in [0.5, 0.6) is 0 Å². The number of halogens is 1. The van der Waals surface area contributed by atoms with Gasteiger partial charge in [0.05, 0.1) is 5.56 Å². The number of carbonyl (C=O) groups excluding carboxylic acids is 2. The predicted molar refractivity (Wildman–Crippen MR) is 92.5 cm³/mol. The lowest BCUT2D eigenvalue weighted by Crippen LogP contribution is -2.28. The molecule has 3 aromatic rings. The van der Waals surface area contributed by atoms with E-state index in [-0.39, 0.29) is 6.54 Å². The third-order valence-electron chi connectivity index (χ3n) is 3.75. The Hall–Kier alpha value is -3.21. The van der Waals surface area contributed by atoms with Gasteiger partial charge in [0.15, 0.2) is 6.61 Å². The van der Waals surface area contributed by atoms with Crippen molar-refractivity contribution in [2.45, 2.75) is 6.54 Å². The lowest BCUT2D eigenvalue weighted by molar-refractivity contribution is -0.124. The molecule has 0 aliphatic rings. The van der Waals surface area contributed by atoms with E-state index in [1.54, 1.807) is 30.3 Å². The molecule has 3 rings (SSSR count). The van der Waals surface area contributed by atoms with E-state index in [9.17, 15) is 14.0 Å². The van der Waals surface area contributed by atoms with Gasteiger partial charge in [0, 0.05) is 12.1 Å². The van der Waals surface area contributed by atoms with Crippen LogP contribution in [0, 0.1) is 5.82 Å². The summed E-state index contributed by atoms with van der Waals surface area (Å²) in [4.78, 5) is 23.8. The fraction of sp³-hybridized carbons (Fsp3) is 0.100. The van der Waals surface area contributed by atoms with E-state index < -0.39 is 24.3 Å². The molecule has 3 aromatic carbocycles. The molecule has 0 unspecified atom stereocenters. The maximum atomic E-state index is 13.5. The van der Waals surface area contributed by atoms with Gasteiger partial charge in [-0.25, -0.2) is 9.18 Å². The van der Waals surface area contributed by atoms with Crippen LogP contribution in [0.15, 0.2) is 66.7 Å². The molecule has 1 N–H and O–H groups in total. The largest absolute Gasteiger partial charge is 0.452 e. The van der Waals surface area contributed by atoms with Gasteiger partial charge in [0.25, 0.3) is 5.91 Å². The molecule has 0 fully saturated rings. The minimum Gasteiger partial charge on any atom is -0.452 e. The number of ether oxygens (including phenoxy) is 1. The van der Waals surface area contributed by atoms with Crippen molar-refractivity contribution >= 4 is 22.6 Å². The minimum absolute atomic E-state index is 0.0407. The third-order valence-corrected chi connectivity index (χ3v) is 3.75. The van der Waals surface area contributed by atoms with Gasteiger partial charge in [-0.3, -0.25) is 4.79 Å². The van der Waals surface area contributed by atoms with Crippen molar-refractivity contribution in [3.05, 3.63) is 83.7 Å². The first-order valence-corrected chi connectivity index (χ1v) is 7.79. The van der Waals surface area contributed by atoms with Crippen molar-refractivity contribution < 1.29 is 18.7 Å². The van der Waals surface area contributed by atoms with E-state index in [1.165, 1.54) is 6.07 Å². The molecule has 126 valence electrons. The highest BCUT2D eigenvalue weighted by Gasteiger charge is 2.11. The Morgan fingerprint density at radius 1 is 0.920 bits per heavy atom. The lowest BCUT2D eigenvalue weighted by Gasteiger charge is -2.08. The second kappa shape index (κ2) is 7.57. The maximum Gasteiger partial charge on any atom is 0.338 e. The third kappa shape index (κ3) is 4.20. The molecule has 0 radical (unpaired) electrons. The Morgan fingerprint density at radius 2 is 1.64 bits per heavy atom. The molecule has 0 atom stereocenters. The molecular weight excluding hydrogens is 321 g/mol. The van der Waals surface area contributed by atoms with Crippen molar-refractivity contribution in [3.63, 3.8) is 0 Å². The molecule has 0 aromatic heterocycles. The number of nitrogens with one attached hydrogen (secondary N) is 1. The fourth-order valence-electron chi connectivity index (χ4n) is 2.42. The van der Waals surface area contributed by atoms with Crippen LogP contribution in [0.25, 0.3) is 10.8 Å². The zero-order valence-corrected chi connectivity index (χ0v) is 13.4. The first-order chi connectivity index (χ1) is 12.1. The molecule has 1 amide bonds. The summed E-state index contributed by atoms with van der Waals surface area (Å²) in [5, 5.41) is 4.45. The van der Waals surface area contributed by atoms with Gasteiger partial charge in [-0.05, 0) is 29.0 Å². The highest BCUT2D eigenvalue weighted by molar-refractivity contribution is 5.96. The van der Waals surface area contributed by atoms with Gasteiger partial charge < -0.3 is 10.1 Å². The van der Waals surface area contributed by atoms with Gasteiger partial charge >= 0.3 is 5.97 Å². The molecule has 25 heavy (non-hydrogen) atoms. The number of esters is 1. The Balaban J connectivity index is 1.54. The fourth-order valence-corrected chi connectivity index (χ4v) is 2.42. The van der Waals surface area contributed by atoms with Crippen LogP contribution in [0.3, 0.4) is 0 Å². The van der Waals surface area contributed by atoms with Crippen LogP contribution in [-0.4, -0.2) is 18.5 Å². The molecule has 4 nitrogen and oxygen atoms in total. The molecule has 0 aliphatic carbocycles. The summed E-state index contributed by atoms with van der Waals surface area (Å²) in [5.41, 5.74) is 0.748. The van der Waals surface area contributed by atoms with Gasteiger partial charge in [0.1, 0.15) is 5.82 Å². The minimum atomic E-state index is -0.577. The number of hydrogen-bond donors (Lipinski definition) is 1. The van der Waals surface area contributed by atoms with E-state index in [4.69, 9.17) is 4.74 Å². The van der Waals surface area contributed by atoms with Crippen molar-refractivity contribution in [3.8, 4) is 0 Å². The zero-order chi connectivity index (χ0) is 17.6. The van der Waals surface area contributed by atoms with Crippen molar-refractivity contribution in [2.75, 3.05) is 6.61 Å². The molecular formula is C20H16FNO3. The van der Waals surface area contributed by atoms with E-state index in [0.29, 0.717) is 11.1 Å². The normalized spacial score (nSPS) is 10.4. The van der Waals surface area contributed by atoms with Crippen LogP contribution in [0.4, 0.5) is 4.39 Å². The lowest BCUT2D eigenvalue weighted by atomic mass is 10.1. The Labute approximate surface area is 144 Å². The van der Waals surface area contributed by atoms with Crippen LogP contribution < -0.4 is 5.32 Å². The smallest absolute Gasteiger partial charge is 0.338 e. The van der Waals surface area contributed by atoms with E-state index >= 15 is 0 Å². The number of carbonyl (C=O) groups is 2. The molecule has 0 saturated heterocycles. The average molecular weight is 337 g/mol. The first kappa shape index (κ1) is 16.6. The van der Waals surface area contributed by atoms with Crippen LogP contribution in [-0.2, 0) is 16.1 Å². The maximum absolute atomic E-state index is 13.5. The Bertz CT molecular complexity index is 923. The molecule has 0 saturated carbocycles. The molecule has 5 heteroatoms. The molecule has 0 aliphatic heterocycles. The molecule has 0 heterocycles. The number of hydrogen-bond acceptors (Lipinski definition) is 3. The highest BCUT2D eigenvalue weighted by Crippen LogP contribution is 2.16. The van der Waals surface area contributed by atoms with Crippen LogP contribution in [0.2, 0.25) is 0 Å². The Kier molecular flexibility index (Phi) is 5.04. The van der Waals surface area contributed by atoms with E-state index in [1.807, 2.05) is 30.3 Å². The highest BCUT2D eigenvalue weighted by atomic mass is 19.1. The van der Waals surface area contributed by atoms with Gasteiger partial charge in [-0.1, -0.05) is 48.5 Å². The number of fused-ring (bicyclic) bond motifs is 1. The number of rotatable bonds is 5. The summed E-state index contributed by atoms with van der Waals surface area (Å²) in [5.74, 6) is -1.46. The van der Waals surface area contributed by atoms with Gasteiger partial charge in [-0.15, -0.1) is 0 Å². The predicted octanol–water partition coefficient (Wildman–Crippen LogP) is 3.45. The van der Waals surface area contributed by atoms with Crippen LogP contribution in [0.1, 0.15) is 15.9 Å². The molecule has 0 spiro atoms. The summed E-state index contributed by atoms with van der Waals surface area (Å²) >= 11 is 0. The van der Waals surface area contributed by atoms with Crippen molar-refractivity contribution in [2.24, 2.45) is 0 Å². The topological polar surface area (TPSA) is 55.4 Å². The van der Waals surface area contributed by atoms with Gasteiger partial charge in [0.2, 0.25) is 0 Å². The zero-order valence-electron chi connectivity index (χ0n) is 13.4. The summed E-state index contributed by atoms with van der Waals surface area (Å²) < 4.78 is 18.5. The second-order valence-electron chi connectivity index (χ2n) is 5.51. The van der Waals surface area contributed by atoms with Crippen molar-refractivity contribution in [1.29, 1.82) is 0 Å². The monoisotopic (exact) mass is 337 g/mol. The second-order valence-corrected chi connectivity index (χ2v) is 5.51. The number of amides is 1.